The molecule has 3 unspecified atom stereocenters. The second-order valence-electron chi connectivity index (χ2n) is 13.4. The molecule has 3 aromatic carbocycles. The minimum Gasteiger partial charge on any atom is -0.458 e. The van der Waals surface area contributed by atoms with Crippen LogP contribution in [0.4, 0.5) is 10.1 Å². The van der Waals surface area contributed by atoms with Crippen molar-refractivity contribution in [3.05, 3.63) is 113 Å². The minimum atomic E-state index is -2.42. The number of H-pyrrole nitrogens is 1. The maximum Gasteiger partial charge on any atom is 0.303 e. The Morgan fingerprint density at radius 3 is 2.10 bits per heavy atom. The fourth-order valence-electron chi connectivity index (χ4n) is 6.71. The molecule has 0 bridgehead atoms. The molecule has 0 spiro atoms. The van der Waals surface area contributed by atoms with Crippen LogP contribution in [0.15, 0.2) is 79.1 Å². The van der Waals surface area contributed by atoms with Crippen molar-refractivity contribution < 1.29 is 49.4 Å². The van der Waals surface area contributed by atoms with Gasteiger partial charge in [-0.15, -0.1) is 0 Å². The number of β-lactam (4-membered cyclic amide) rings is 1. The molecule has 1 fully saturated rings. The number of nitrogens with zero attached hydrogens (tertiary/aromatic N) is 3. The highest BCUT2D eigenvalue weighted by molar-refractivity contribution is 6.03. The molecule has 0 aliphatic carbocycles. The van der Waals surface area contributed by atoms with Gasteiger partial charge in [-0.3, -0.25) is 14.7 Å². The van der Waals surface area contributed by atoms with Crippen LogP contribution in [0.2, 0.25) is 0 Å². The number of aliphatic hydroxyl groups excluding tert-OH is 4. The van der Waals surface area contributed by atoms with Crippen LogP contribution in [0, 0.1) is 11.7 Å². The van der Waals surface area contributed by atoms with Crippen molar-refractivity contribution in [2.75, 3.05) is 24.7 Å². The number of hydrogen-bond acceptors (Lipinski definition) is 11. The topological polar surface area (TPSA) is 210 Å². The summed E-state index contributed by atoms with van der Waals surface area (Å²) in [5.74, 6) is -0.720. The van der Waals surface area contributed by atoms with Crippen molar-refractivity contribution in [2.45, 2.75) is 74.9 Å². The molecule has 14 heteroatoms. The summed E-state index contributed by atoms with van der Waals surface area (Å²) in [6.07, 6.45) is 0.793. The molecule has 5 rings (SSSR count). The predicted molar refractivity (Wildman–Crippen MR) is 186 cm³/mol. The van der Waals surface area contributed by atoms with E-state index in [1.165, 1.54) is 25.4 Å². The molecular weight excluding hydrogens is 675 g/mol. The van der Waals surface area contributed by atoms with Crippen molar-refractivity contribution in [2.24, 2.45) is 5.92 Å². The number of halogens is 1. The molecule has 1 saturated heterocycles. The summed E-state index contributed by atoms with van der Waals surface area (Å²) >= 11 is 0. The average Bonchev–Trinajstić information content (AvgIpc) is 3.69. The second-order valence-corrected chi connectivity index (χ2v) is 13.4. The van der Waals surface area contributed by atoms with E-state index >= 15 is 0 Å². The lowest BCUT2D eigenvalue weighted by atomic mass is 9.77. The molecule has 1 aliphatic heterocycles. The van der Waals surface area contributed by atoms with Crippen LogP contribution in [0.1, 0.15) is 66.4 Å². The highest BCUT2D eigenvalue weighted by Crippen LogP contribution is 2.47. The summed E-state index contributed by atoms with van der Waals surface area (Å²) < 4.78 is 19.2. The Morgan fingerprint density at radius 1 is 0.904 bits per heavy atom. The summed E-state index contributed by atoms with van der Waals surface area (Å²) in [5.41, 5.74) is -0.723. The quantitative estimate of drug-likeness (QED) is 0.0586. The zero-order valence-electron chi connectivity index (χ0n) is 28.8. The maximum absolute atomic E-state index is 13.9. The summed E-state index contributed by atoms with van der Waals surface area (Å²) in [7, 11) is 0. The van der Waals surface area contributed by atoms with Crippen LogP contribution < -0.4 is 4.90 Å². The summed E-state index contributed by atoms with van der Waals surface area (Å²) in [5, 5.41) is 67.4. The molecule has 5 atom stereocenters. The van der Waals surface area contributed by atoms with Crippen LogP contribution in [0.25, 0.3) is 0 Å². The zero-order chi connectivity index (χ0) is 37.5. The third kappa shape index (κ3) is 8.72. The fourth-order valence-corrected chi connectivity index (χ4v) is 6.71. The van der Waals surface area contributed by atoms with Gasteiger partial charge in [-0.2, -0.15) is 5.10 Å². The Morgan fingerprint density at radius 2 is 1.52 bits per heavy atom. The Kier molecular flexibility index (Phi) is 12.5. The van der Waals surface area contributed by atoms with E-state index in [0.29, 0.717) is 30.5 Å². The number of ether oxygens (including phenoxy) is 1. The van der Waals surface area contributed by atoms with Crippen molar-refractivity contribution in [1.29, 1.82) is 0 Å². The van der Waals surface area contributed by atoms with Crippen molar-refractivity contribution >= 4 is 17.6 Å². The average molecular weight is 721 g/mol. The number of rotatable bonds is 18. The number of anilines is 1. The van der Waals surface area contributed by atoms with Gasteiger partial charge in [-0.25, -0.2) is 9.37 Å². The first-order chi connectivity index (χ1) is 24.9. The zero-order valence-corrected chi connectivity index (χ0v) is 28.8. The van der Waals surface area contributed by atoms with Gasteiger partial charge < -0.3 is 40.3 Å². The minimum absolute atomic E-state index is 0.105. The number of aromatic nitrogens is 3. The van der Waals surface area contributed by atoms with Gasteiger partial charge in [-0.05, 0) is 78.6 Å². The molecule has 1 aromatic heterocycles. The number of carbonyl (C=O) groups excluding carboxylic acids is 2. The summed E-state index contributed by atoms with van der Waals surface area (Å²) in [4.78, 5) is 31.7. The summed E-state index contributed by atoms with van der Waals surface area (Å²) in [6, 6.07) is 20.3. The van der Waals surface area contributed by atoms with Gasteiger partial charge in [-0.1, -0.05) is 48.5 Å². The molecule has 0 saturated carbocycles. The lowest BCUT2D eigenvalue weighted by molar-refractivity contribution is -0.212. The number of aromatic amines is 1. The van der Waals surface area contributed by atoms with Crippen LogP contribution in [0.3, 0.4) is 0 Å². The van der Waals surface area contributed by atoms with E-state index < -0.39 is 60.9 Å². The van der Waals surface area contributed by atoms with Gasteiger partial charge in [0.25, 0.3) is 0 Å². The first kappa shape index (κ1) is 38.7. The molecule has 278 valence electrons. The fraction of sp³-hybridized carbons (Fsp3) is 0.421. The molecule has 7 N–H and O–H groups in total. The third-order valence-electron chi connectivity index (χ3n) is 9.84. The van der Waals surface area contributed by atoms with Crippen LogP contribution in [-0.4, -0.2) is 94.8 Å². The van der Waals surface area contributed by atoms with Gasteiger partial charge in [0.15, 0.2) is 0 Å². The van der Waals surface area contributed by atoms with Crippen LogP contribution in [-0.2, 0) is 33.6 Å². The molecule has 0 radical (unpaired) electrons. The number of aryl methyl sites for hydroxylation is 3. The van der Waals surface area contributed by atoms with E-state index in [-0.39, 0.29) is 24.8 Å². The first-order valence-electron chi connectivity index (χ1n) is 17.1. The highest BCUT2D eigenvalue weighted by atomic mass is 19.1. The van der Waals surface area contributed by atoms with E-state index in [1.807, 2.05) is 36.4 Å². The molecule has 13 nitrogen and oxygen atoms in total. The SMILES string of the molecule is CC(=O)OC(CC[C@H]1C(=O)N(c2ccc(CCc3ncn[nH]3)cc2)[C@@H]1c1ccc(CCC(O)(CO)C(O)C(O)(CO)CO)cc1)c1ccc(F)cc1. The lowest BCUT2D eigenvalue weighted by Gasteiger charge is -2.48. The van der Waals surface area contributed by atoms with Crippen molar-refractivity contribution in [3.8, 4) is 0 Å². The number of benzene rings is 3. The lowest BCUT2D eigenvalue weighted by Crippen LogP contribution is -2.62. The molecule has 2 heterocycles. The van der Waals surface area contributed by atoms with Crippen LogP contribution >= 0.6 is 0 Å². The number of amides is 1. The molecular formula is C38H45FN4O9. The smallest absolute Gasteiger partial charge is 0.303 e. The Balaban J connectivity index is 1.36. The predicted octanol–water partition coefficient (Wildman–Crippen LogP) is 2.25. The summed E-state index contributed by atoms with van der Waals surface area (Å²) in [6.45, 7) is -1.69. The Hall–Kier alpha value is -4.57. The molecule has 1 aliphatic rings. The normalized spacial score (nSPS) is 18.4. The van der Waals surface area contributed by atoms with E-state index in [4.69, 9.17) is 4.74 Å². The Bertz CT molecular complexity index is 1750. The first-order valence-corrected chi connectivity index (χ1v) is 17.1. The standard InChI is InChI=1S/C38H45FN4O9/c1-24(47)52-32(27-9-11-29(39)12-10-27)16-15-31-34(43(35(31)48)30-13-4-25(5-14-30)6-17-33-40-23-41-42-33)28-7-2-26(3-8-28)18-19-37(50,20-44)36(49)38(51,21-45)22-46/h2-5,7-14,23,31-32,34,36,44-46,49-51H,6,15-22H2,1H3,(H,40,41,42)/t31-,32?,34-,36?,37?/m1/s1. The number of aliphatic hydroxyl groups is 6. The second kappa shape index (κ2) is 16.8. The van der Waals surface area contributed by atoms with Crippen molar-refractivity contribution in [1.82, 2.24) is 15.2 Å². The van der Waals surface area contributed by atoms with Crippen molar-refractivity contribution in [3.63, 3.8) is 0 Å². The molecule has 1 amide bonds. The number of esters is 1. The van der Waals surface area contributed by atoms with Gasteiger partial charge >= 0.3 is 5.97 Å². The van der Waals surface area contributed by atoms with E-state index in [2.05, 4.69) is 15.2 Å². The number of nitrogens with one attached hydrogen (secondary N) is 1. The third-order valence-corrected chi connectivity index (χ3v) is 9.84. The van der Waals surface area contributed by atoms with E-state index in [9.17, 15) is 44.6 Å². The highest BCUT2D eigenvalue weighted by Gasteiger charge is 2.49. The molecule has 4 aromatic rings. The molecule has 52 heavy (non-hydrogen) atoms. The Labute approximate surface area is 300 Å². The monoisotopic (exact) mass is 720 g/mol. The van der Waals surface area contributed by atoms with Gasteiger partial charge in [0.2, 0.25) is 5.91 Å². The van der Waals surface area contributed by atoms with Gasteiger partial charge in [0, 0.05) is 19.0 Å². The van der Waals surface area contributed by atoms with E-state index in [0.717, 1.165) is 28.9 Å². The maximum atomic E-state index is 13.9. The number of hydrogen-bond donors (Lipinski definition) is 7. The van der Waals surface area contributed by atoms with E-state index in [1.54, 1.807) is 29.2 Å². The number of carbonyl (C=O) groups is 2. The van der Waals surface area contributed by atoms with Gasteiger partial charge in [0.1, 0.15) is 41.4 Å². The van der Waals surface area contributed by atoms with Crippen LogP contribution in [0.5, 0.6) is 0 Å². The van der Waals surface area contributed by atoms with Gasteiger partial charge in [0.05, 0.1) is 31.8 Å². The largest absolute Gasteiger partial charge is 0.458 e.